The molecular formula is C13H15N3O4S. The van der Waals surface area contributed by atoms with Gasteiger partial charge in [-0.25, -0.2) is 9.78 Å². The molecule has 8 heteroatoms. The Kier molecular flexibility index (Phi) is 5.15. The number of hydrogen-bond acceptors (Lipinski definition) is 7. The topological polar surface area (TPSA) is 93.6 Å². The fourth-order valence-electron chi connectivity index (χ4n) is 1.70. The molecule has 0 spiro atoms. The van der Waals surface area contributed by atoms with Crippen LogP contribution < -0.4 is 4.74 Å². The summed E-state index contributed by atoms with van der Waals surface area (Å²) in [6, 6.07) is 4.44. The molecule has 21 heavy (non-hydrogen) atoms. The number of ether oxygens (including phenoxy) is 2. The number of methoxy groups -OCH3 is 1. The monoisotopic (exact) mass is 309 g/mol. The number of rotatable bonds is 7. The molecule has 0 radical (unpaired) electrons. The second kappa shape index (κ2) is 7.07. The number of fused-ring (bicyclic) bond motifs is 1. The number of benzene rings is 1. The van der Waals surface area contributed by atoms with Gasteiger partial charge in [0.15, 0.2) is 11.2 Å². The number of nitroso groups, excluding NO2 is 1. The molecule has 7 nitrogen and oxygen atoms in total. The second-order valence-corrected chi connectivity index (χ2v) is 5.12. The Morgan fingerprint density at radius 1 is 1.52 bits per heavy atom. The van der Waals surface area contributed by atoms with Crippen molar-refractivity contribution in [2.24, 2.45) is 5.18 Å². The molecule has 0 fully saturated rings. The Labute approximate surface area is 125 Å². The minimum absolute atomic E-state index is 0.180. The largest absolute Gasteiger partial charge is 0.497 e. The van der Waals surface area contributed by atoms with Crippen molar-refractivity contribution in [1.82, 2.24) is 9.97 Å². The summed E-state index contributed by atoms with van der Waals surface area (Å²) in [5.41, 5.74) is 1.61. The molecule has 1 unspecified atom stereocenters. The third-order valence-corrected chi connectivity index (χ3v) is 3.68. The smallest absolute Gasteiger partial charge is 0.335 e. The van der Waals surface area contributed by atoms with Crippen molar-refractivity contribution in [3.63, 3.8) is 0 Å². The van der Waals surface area contributed by atoms with Crippen LogP contribution in [0.2, 0.25) is 0 Å². The number of nitrogens with one attached hydrogen (secondary N) is 1. The van der Waals surface area contributed by atoms with E-state index in [1.807, 2.05) is 18.2 Å². The molecule has 0 aliphatic carbocycles. The Morgan fingerprint density at radius 3 is 3.00 bits per heavy atom. The Balaban J connectivity index is 2.05. The molecule has 2 rings (SSSR count). The van der Waals surface area contributed by atoms with Gasteiger partial charge in [0.05, 0.1) is 24.8 Å². The van der Waals surface area contributed by atoms with E-state index in [4.69, 9.17) is 9.47 Å². The molecular weight excluding hydrogens is 294 g/mol. The molecule has 0 amide bonds. The molecule has 0 aliphatic rings. The maximum Gasteiger partial charge on any atom is 0.335 e. The molecule has 0 bridgehead atoms. The van der Waals surface area contributed by atoms with Gasteiger partial charge in [0, 0.05) is 11.8 Å². The molecule has 0 aliphatic heterocycles. The molecule has 1 aromatic carbocycles. The minimum Gasteiger partial charge on any atom is -0.497 e. The van der Waals surface area contributed by atoms with Crippen molar-refractivity contribution in [2.45, 2.75) is 18.1 Å². The van der Waals surface area contributed by atoms with Crippen molar-refractivity contribution in [1.29, 1.82) is 0 Å². The molecule has 112 valence electrons. The van der Waals surface area contributed by atoms with Crippen LogP contribution in [0.5, 0.6) is 5.75 Å². The highest BCUT2D eigenvalue weighted by molar-refractivity contribution is 7.99. The highest BCUT2D eigenvalue weighted by Gasteiger charge is 2.21. The quantitative estimate of drug-likeness (QED) is 0.479. The first-order valence-electron chi connectivity index (χ1n) is 6.33. The standard InChI is InChI=1S/C13H15N3O4S/c1-3-20-12(17)11(16-18)7-21-13-14-9-5-4-8(19-2)6-10(9)15-13/h4-6,11H,3,7H2,1-2H3,(H,14,15). The number of hydrogen-bond donors (Lipinski definition) is 1. The van der Waals surface area contributed by atoms with Crippen LogP contribution in [0.1, 0.15) is 6.92 Å². The van der Waals surface area contributed by atoms with E-state index in [-0.39, 0.29) is 12.4 Å². The van der Waals surface area contributed by atoms with Gasteiger partial charge in [-0.3, -0.25) is 0 Å². The normalized spacial score (nSPS) is 12.1. The maximum atomic E-state index is 11.5. The van der Waals surface area contributed by atoms with Gasteiger partial charge in [-0.2, -0.15) is 0 Å². The number of aromatic amines is 1. The van der Waals surface area contributed by atoms with Crippen LogP contribution in [-0.4, -0.2) is 41.4 Å². The predicted octanol–water partition coefficient (Wildman–Crippen LogP) is 2.36. The van der Waals surface area contributed by atoms with Crippen LogP contribution in [0.25, 0.3) is 11.0 Å². The SMILES string of the molecule is CCOC(=O)C(CSc1nc2ccc(OC)cc2[nH]1)N=O. The lowest BCUT2D eigenvalue weighted by atomic mass is 10.3. The number of aromatic nitrogens is 2. The fraction of sp³-hybridized carbons (Fsp3) is 0.385. The predicted molar refractivity (Wildman–Crippen MR) is 79.6 cm³/mol. The number of esters is 1. The molecule has 1 atom stereocenters. The van der Waals surface area contributed by atoms with Crippen molar-refractivity contribution < 1.29 is 14.3 Å². The van der Waals surface area contributed by atoms with Crippen molar-refractivity contribution in [2.75, 3.05) is 19.5 Å². The zero-order chi connectivity index (χ0) is 15.2. The number of carbonyl (C=O) groups is 1. The lowest BCUT2D eigenvalue weighted by molar-refractivity contribution is -0.144. The van der Waals surface area contributed by atoms with Crippen LogP contribution >= 0.6 is 11.8 Å². The summed E-state index contributed by atoms with van der Waals surface area (Å²) in [6.07, 6.45) is 0. The van der Waals surface area contributed by atoms with E-state index < -0.39 is 12.0 Å². The van der Waals surface area contributed by atoms with E-state index in [9.17, 15) is 9.70 Å². The lowest BCUT2D eigenvalue weighted by Gasteiger charge is -2.06. The van der Waals surface area contributed by atoms with Crippen LogP contribution in [0.3, 0.4) is 0 Å². The third kappa shape index (κ3) is 3.72. The van der Waals surface area contributed by atoms with E-state index >= 15 is 0 Å². The van der Waals surface area contributed by atoms with Gasteiger partial charge in [0.2, 0.25) is 0 Å². The maximum absolute atomic E-state index is 11.5. The molecule has 2 aromatic rings. The summed E-state index contributed by atoms with van der Waals surface area (Å²) in [4.78, 5) is 29.6. The Hall–Kier alpha value is -2.09. The van der Waals surface area contributed by atoms with Crippen molar-refractivity contribution >= 4 is 28.8 Å². The van der Waals surface area contributed by atoms with Crippen molar-refractivity contribution in [3.05, 3.63) is 23.1 Å². The van der Waals surface area contributed by atoms with Gasteiger partial charge in [0.25, 0.3) is 0 Å². The zero-order valence-corrected chi connectivity index (χ0v) is 12.5. The summed E-state index contributed by atoms with van der Waals surface area (Å²) >= 11 is 1.24. The first kappa shape index (κ1) is 15.3. The summed E-state index contributed by atoms with van der Waals surface area (Å²) in [5, 5.41) is 3.40. The molecule has 1 aromatic heterocycles. The summed E-state index contributed by atoms with van der Waals surface area (Å²) in [6.45, 7) is 1.90. The van der Waals surface area contributed by atoms with Crippen LogP contribution in [0, 0.1) is 4.91 Å². The number of H-pyrrole nitrogens is 1. The van der Waals surface area contributed by atoms with Crippen LogP contribution in [0.15, 0.2) is 28.5 Å². The van der Waals surface area contributed by atoms with Gasteiger partial charge in [-0.15, -0.1) is 4.91 Å². The van der Waals surface area contributed by atoms with Gasteiger partial charge >= 0.3 is 5.97 Å². The third-order valence-electron chi connectivity index (χ3n) is 2.73. The summed E-state index contributed by atoms with van der Waals surface area (Å²) in [5.74, 6) is 0.290. The van der Waals surface area contributed by atoms with E-state index in [1.54, 1.807) is 14.0 Å². The van der Waals surface area contributed by atoms with Crippen LogP contribution in [0.4, 0.5) is 0 Å². The van der Waals surface area contributed by atoms with Gasteiger partial charge < -0.3 is 14.5 Å². The molecule has 0 saturated carbocycles. The Morgan fingerprint density at radius 2 is 2.33 bits per heavy atom. The van der Waals surface area contributed by atoms with Gasteiger partial charge in [-0.1, -0.05) is 16.9 Å². The Bertz CT molecular complexity index is 643. The number of imidazole rings is 1. The molecule has 1 N–H and O–H groups in total. The van der Waals surface area contributed by atoms with Crippen molar-refractivity contribution in [3.8, 4) is 5.75 Å². The lowest BCUT2D eigenvalue weighted by Crippen LogP contribution is -2.23. The zero-order valence-electron chi connectivity index (χ0n) is 11.7. The minimum atomic E-state index is -1.03. The first-order chi connectivity index (χ1) is 10.2. The summed E-state index contributed by atoms with van der Waals surface area (Å²) < 4.78 is 9.91. The molecule has 1 heterocycles. The first-order valence-corrected chi connectivity index (χ1v) is 7.32. The number of carbonyl (C=O) groups excluding carboxylic acids is 1. The van der Waals surface area contributed by atoms with Gasteiger partial charge in [-0.05, 0) is 19.1 Å². The van der Waals surface area contributed by atoms with Gasteiger partial charge in [0.1, 0.15) is 5.75 Å². The molecule has 0 saturated heterocycles. The average molecular weight is 309 g/mol. The number of nitrogens with zero attached hydrogens (tertiary/aromatic N) is 2. The highest BCUT2D eigenvalue weighted by atomic mass is 32.2. The van der Waals surface area contributed by atoms with Crippen LogP contribution in [-0.2, 0) is 9.53 Å². The summed E-state index contributed by atoms with van der Waals surface area (Å²) in [7, 11) is 1.59. The number of thioether (sulfide) groups is 1. The second-order valence-electron chi connectivity index (χ2n) is 4.11. The van der Waals surface area contributed by atoms with E-state index in [0.717, 1.165) is 16.8 Å². The fourth-order valence-corrected chi connectivity index (χ4v) is 2.56. The highest BCUT2D eigenvalue weighted by Crippen LogP contribution is 2.24. The van der Waals surface area contributed by atoms with E-state index in [2.05, 4.69) is 15.1 Å². The average Bonchev–Trinajstić information content (AvgIpc) is 2.89. The van der Waals surface area contributed by atoms with E-state index in [1.165, 1.54) is 11.8 Å². The van der Waals surface area contributed by atoms with E-state index in [0.29, 0.717) is 5.16 Å².